The average Bonchev–Trinajstić information content (AvgIpc) is 2.20. The van der Waals surface area contributed by atoms with Gasteiger partial charge in [0.15, 0.2) is 0 Å². The number of hydroxylamine groups is 2. The van der Waals surface area contributed by atoms with Crippen LogP contribution in [0.1, 0.15) is 20.3 Å². The number of nitrogens with zero attached hydrogens (tertiary/aromatic N) is 1. The molecule has 1 fully saturated rings. The SMILES string of the molecule is C#CCON1CCC(NC)C(C)C1C. The Morgan fingerprint density at radius 1 is 1.57 bits per heavy atom. The first-order valence-corrected chi connectivity index (χ1v) is 5.21. The third-order valence-corrected chi connectivity index (χ3v) is 3.19. The van der Waals surface area contributed by atoms with Crippen LogP contribution in [0, 0.1) is 18.3 Å². The van der Waals surface area contributed by atoms with Gasteiger partial charge < -0.3 is 5.32 Å². The van der Waals surface area contributed by atoms with E-state index in [1.165, 1.54) is 0 Å². The Morgan fingerprint density at radius 3 is 2.86 bits per heavy atom. The molecule has 0 aromatic rings. The van der Waals surface area contributed by atoms with Gasteiger partial charge in [-0.1, -0.05) is 12.8 Å². The van der Waals surface area contributed by atoms with E-state index in [4.69, 9.17) is 11.3 Å². The van der Waals surface area contributed by atoms with Crippen molar-refractivity contribution < 1.29 is 4.84 Å². The molecule has 1 N–H and O–H groups in total. The van der Waals surface area contributed by atoms with Crippen molar-refractivity contribution in [2.75, 3.05) is 20.2 Å². The van der Waals surface area contributed by atoms with Crippen LogP contribution in [-0.4, -0.2) is 37.3 Å². The molecular weight excluding hydrogens is 176 g/mol. The van der Waals surface area contributed by atoms with Crippen molar-refractivity contribution in [1.29, 1.82) is 0 Å². The van der Waals surface area contributed by atoms with Crippen LogP contribution in [0.25, 0.3) is 0 Å². The van der Waals surface area contributed by atoms with Crippen molar-refractivity contribution in [1.82, 2.24) is 10.4 Å². The van der Waals surface area contributed by atoms with Crippen LogP contribution < -0.4 is 5.32 Å². The van der Waals surface area contributed by atoms with Gasteiger partial charge in [-0.05, 0) is 26.3 Å². The normalized spacial score (nSPS) is 34.0. The Labute approximate surface area is 86.8 Å². The van der Waals surface area contributed by atoms with Gasteiger partial charge >= 0.3 is 0 Å². The molecule has 0 aliphatic carbocycles. The Bertz CT molecular complexity index is 212. The fourth-order valence-electron chi connectivity index (χ4n) is 2.04. The van der Waals surface area contributed by atoms with Crippen LogP contribution in [0.4, 0.5) is 0 Å². The molecule has 14 heavy (non-hydrogen) atoms. The number of piperidine rings is 1. The van der Waals surface area contributed by atoms with Crippen molar-refractivity contribution in [2.45, 2.75) is 32.4 Å². The summed E-state index contributed by atoms with van der Waals surface area (Å²) in [6.07, 6.45) is 6.28. The highest BCUT2D eigenvalue weighted by molar-refractivity contribution is 4.87. The van der Waals surface area contributed by atoms with Crippen LogP contribution in [0.15, 0.2) is 0 Å². The molecule has 0 amide bonds. The highest BCUT2D eigenvalue weighted by Gasteiger charge is 2.31. The van der Waals surface area contributed by atoms with Gasteiger partial charge in [0.2, 0.25) is 0 Å². The van der Waals surface area contributed by atoms with Crippen LogP contribution >= 0.6 is 0 Å². The van der Waals surface area contributed by atoms with Gasteiger partial charge in [-0.3, -0.25) is 4.84 Å². The second-order valence-electron chi connectivity index (χ2n) is 3.90. The molecule has 3 unspecified atom stereocenters. The molecule has 3 heteroatoms. The highest BCUT2D eigenvalue weighted by atomic mass is 16.7. The van der Waals surface area contributed by atoms with E-state index in [1.54, 1.807) is 0 Å². The first-order chi connectivity index (χ1) is 6.70. The zero-order chi connectivity index (χ0) is 10.6. The topological polar surface area (TPSA) is 24.5 Å². The maximum Gasteiger partial charge on any atom is 0.129 e. The summed E-state index contributed by atoms with van der Waals surface area (Å²) in [4.78, 5) is 5.48. The number of hydrogen-bond donors (Lipinski definition) is 1. The van der Waals surface area contributed by atoms with Crippen LogP contribution in [0.2, 0.25) is 0 Å². The Kier molecular flexibility index (Phi) is 4.40. The van der Waals surface area contributed by atoms with Gasteiger partial charge in [-0.15, -0.1) is 6.42 Å². The van der Waals surface area contributed by atoms with Crippen LogP contribution in [0.5, 0.6) is 0 Å². The lowest BCUT2D eigenvalue weighted by Crippen LogP contribution is -2.52. The molecule has 0 aromatic carbocycles. The number of rotatable bonds is 3. The highest BCUT2D eigenvalue weighted by Crippen LogP contribution is 2.23. The molecule has 1 heterocycles. The molecule has 1 rings (SSSR count). The molecule has 1 aliphatic heterocycles. The molecule has 0 spiro atoms. The minimum atomic E-state index is 0.376. The monoisotopic (exact) mass is 196 g/mol. The van der Waals surface area contributed by atoms with Crippen LogP contribution in [-0.2, 0) is 4.84 Å². The predicted octanol–water partition coefficient (Wildman–Crippen LogP) is 0.870. The Balaban J connectivity index is 2.47. The van der Waals surface area contributed by atoms with Gasteiger partial charge in [0, 0.05) is 18.6 Å². The summed E-state index contributed by atoms with van der Waals surface area (Å²) < 4.78 is 0. The van der Waals surface area contributed by atoms with E-state index >= 15 is 0 Å². The van der Waals surface area contributed by atoms with E-state index in [1.807, 2.05) is 12.1 Å². The fourth-order valence-corrected chi connectivity index (χ4v) is 2.04. The standard InChI is InChI=1S/C11H20N2O/c1-5-8-14-13-7-6-11(12-4)9(2)10(13)3/h1,9-12H,6-8H2,2-4H3. The maximum absolute atomic E-state index is 5.48. The van der Waals surface area contributed by atoms with Crippen LogP contribution in [0.3, 0.4) is 0 Å². The summed E-state index contributed by atoms with van der Waals surface area (Å²) in [7, 11) is 2.02. The van der Waals surface area contributed by atoms with E-state index in [-0.39, 0.29) is 0 Å². The van der Waals surface area contributed by atoms with Gasteiger partial charge in [0.1, 0.15) is 6.61 Å². The summed E-state index contributed by atoms with van der Waals surface area (Å²) in [5.41, 5.74) is 0. The van der Waals surface area contributed by atoms with Crippen molar-refractivity contribution in [3.05, 3.63) is 0 Å². The summed E-state index contributed by atoms with van der Waals surface area (Å²) in [5, 5.41) is 5.35. The molecule has 3 nitrogen and oxygen atoms in total. The minimum absolute atomic E-state index is 0.376. The smallest absolute Gasteiger partial charge is 0.129 e. The zero-order valence-corrected chi connectivity index (χ0v) is 9.29. The number of hydrogen-bond acceptors (Lipinski definition) is 3. The maximum atomic E-state index is 5.48. The van der Waals surface area contributed by atoms with Gasteiger partial charge in [0.25, 0.3) is 0 Å². The summed E-state index contributed by atoms with van der Waals surface area (Å²) in [5.74, 6) is 3.09. The first-order valence-electron chi connectivity index (χ1n) is 5.21. The summed E-state index contributed by atoms with van der Waals surface area (Å²) in [6, 6.07) is 1.02. The third-order valence-electron chi connectivity index (χ3n) is 3.19. The molecule has 0 bridgehead atoms. The summed E-state index contributed by atoms with van der Waals surface area (Å²) >= 11 is 0. The number of terminal acetylenes is 1. The second-order valence-corrected chi connectivity index (χ2v) is 3.90. The molecule has 0 saturated carbocycles. The van der Waals surface area contributed by atoms with Crippen molar-refractivity contribution in [3.8, 4) is 12.3 Å². The summed E-state index contributed by atoms with van der Waals surface area (Å²) in [6.45, 7) is 5.77. The van der Waals surface area contributed by atoms with E-state index in [0.29, 0.717) is 24.6 Å². The lowest BCUT2D eigenvalue weighted by molar-refractivity contribution is -0.198. The van der Waals surface area contributed by atoms with E-state index in [9.17, 15) is 0 Å². The largest absolute Gasteiger partial charge is 0.317 e. The lowest BCUT2D eigenvalue weighted by atomic mass is 9.88. The molecule has 0 aromatic heterocycles. The number of nitrogens with one attached hydrogen (secondary N) is 1. The molecular formula is C11H20N2O. The average molecular weight is 196 g/mol. The molecule has 80 valence electrons. The Hall–Kier alpha value is -0.560. The van der Waals surface area contributed by atoms with Crippen molar-refractivity contribution in [2.24, 2.45) is 5.92 Å². The molecule has 1 saturated heterocycles. The van der Waals surface area contributed by atoms with E-state index in [0.717, 1.165) is 13.0 Å². The lowest BCUT2D eigenvalue weighted by Gasteiger charge is -2.41. The predicted molar refractivity (Wildman–Crippen MR) is 57.6 cm³/mol. The molecule has 1 aliphatic rings. The molecule has 0 radical (unpaired) electrons. The van der Waals surface area contributed by atoms with Gasteiger partial charge in [-0.2, -0.15) is 5.06 Å². The molecule has 3 atom stereocenters. The van der Waals surface area contributed by atoms with Crippen molar-refractivity contribution in [3.63, 3.8) is 0 Å². The van der Waals surface area contributed by atoms with Crippen molar-refractivity contribution >= 4 is 0 Å². The van der Waals surface area contributed by atoms with Gasteiger partial charge in [-0.25, -0.2) is 0 Å². The van der Waals surface area contributed by atoms with E-state index in [2.05, 4.69) is 25.1 Å². The van der Waals surface area contributed by atoms with Gasteiger partial charge in [0.05, 0.1) is 0 Å². The minimum Gasteiger partial charge on any atom is -0.317 e. The zero-order valence-electron chi connectivity index (χ0n) is 9.29. The van der Waals surface area contributed by atoms with E-state index < -0.39 is 0 Å². The Morgan fingerprint density at radius 2 is 2.29 bits per heavy atom. The fraction of sp³-hybridized carbons (Fsp3) is 0.818. The first kappa shape index (κ1) is 11.5. The third kappa shape index (κ3) is 2.48. The quantitative estimate of drug-likeness (QED) is 0.678. The second kappa shape index (κ2) is 5.35.